The Kier molecular flexibility index (Phi) is 9.50. The Balaban J connectivity index is 1.57. The molecule has 8 nitrogen and oxygen atoms in total. The number of ether oxygens (including phenoxy) is 1. The van der Waals surface area contributed by atoms with Crippen molar-refractivity contribution in [2.45, 2.75) is 13.0 Å². The summed E-state index contributed by atoms with van der Waals surface area (Å²) in [5, 5.41) is 15.0. The van der Waals surface area contributed by atoms with E-state index in [9.17, 15) is 14.9 Å². The maximum absolute atomic E-state index is 12.9. The van der Waals surface area contributed by atoms with E-state index < -0.39 is 6.09 Å². The van der Waals surface area contributed by atoms with Crippen LogP contribution in [0.15, 0.2) is 72.4 Å². The Bertz CT molecular complexity index is 957. The van der Waals surface area contributed by atoms with Gasteiger partial charge in [-0.25, -0.2) is 4.79 Å². The van der Waals surface area contributed by atoms with Crippen LogP contribution in [0, 0.1) is 11.3 Å². The number of hydrogen-bond acceptors (Lipinski definition) is 6. The van der Waals surface area contributed by atoms with Crippen molar-refractivity contribution in [1.29, 1.82) is 5.26 Å². The normalized spacial score (nSPS) is 14.4. The van der Waals surface area contributed by atoms with Gasteiger partial charge >= 0.3 is 6.09 Å². The minimum atomic E-state index is -0.493. The third-order valence-electron chi connectivity index (χ3n) is 5.61. The number of benzene rings is 2. The van der Waals surface area contributed by atoms with Gasteiger partial charge in [0.2, 0.25) is 0 Å². The van der Waals surface area contributed by atoms with E-state index in [0.29, 0.717) is 45.9 Å². The molecule has 3 rings (SSSR count). The molecule has 1 heterocycles. The lowest BCUT2D eigenvalue weighted by atomic mass is 9.96. The summed E-state index contributed by atoms with van der Waals surface area (Å²) in [5.41, 5.74) is 2.48. The highest BCUT2D eigenvalue weighted by Gasteiger charge is 2.29. The Morgan fingerprint density at radius 2 is 1.59 bits per heavy atom. The summed E-state index contributed by atoms with van der Waals surface area (Å²) < 4.78 is 4.78. The lowest BCUT2D eigenvalue weighted by Gasteiger charge is -2.39. The molecule has 1 aliphatic rings. The van der Waals surface area contributed by atoms with Gasteiger partial charge in [0.15, 0.2) is 0 Å². The average molecular weight is 462 g/mol. The van der Waals surface area contributed by atoms with Gasteiger partial charge < -0.3 is 20.3 Å². The van der Waals surface area contributed by atoms with Crippen LogP contribution in [0.5, 0.6) is 0 Å². The number of alkyl carbamates (subject to hydrolysis) is 1. The summed E-state index contributed by atoms with van der Waals surface area (Å²) >= 11 is 0. The molecule has 2 aromatic rings. The van der Waals surface area contributed by atoms with Crippen LogP contribution < -0.4 is 10.6 Å². The second-order valence-corrected chi connectivity index (χ2v) is 7.82. The molecule has 0 bridgehead atoms. The number of rotatable bonds is 9. The van der Waals surface area contributed by atoms with Gasteiger partial charge in [-0.05, 0) is 18.1 Å². The van der Waals surface area contributed by atoms with Gasteiger partial charge in [-0.15, -0.1) is 0 Å². The monoisotopic (exact) mass is 461 g/mol. The van der Waals surface area contributed by atoms with Crippen LogP contribution in [0.4, 0.5) is 4.79 Å². The van der Waals surface area contributed by atoms with E-state index in [2.05, 4.69) is 39.8 Å². The van der Waals surface area contributed by atoms with E-state index in [1.165, 1.54) is 17.3 Å². The van der Waals surface area contributed by atoms with E-state index >= 15 is 0 Å². The second-order valence-electron chi connectivity index (χ2n) is 7.82. The van der Waals surface area contributed by atoms with Crippen molar-refractivity contribution >= 4 is 12.0 Å². The number of nitriles is 1. The van der Waals surface area contributed by atoms with E-state index in [4.69, 9.17) is 4.74 Å². The largest absolute Gasteiger partial charge is 0.450 e. The van der Waals surface area contributed by atoms with Crippen molar-refractivity contribution in [3.8, 4) is 6.07 Å². The number of amides is 2. The number of nitrogens with one attached hydrogen (secondary N) is 2. The molecule has 0 aliphatic carbocycles. The summed E-state index contributed by atoms with van der Waals surface area (Å²) in [6, 6.07) is 22.8. The summed E-state index contributed by atoms with van der Waals surface area (Å²) in [4.78, 5) is 28.3. The predicted molar refractivity (Wildman–Crippen MR) is 130 cm³/mol. The minimum Gasteiger partial charge on any atom is -0.450 e. The third kappa shape index (κ3) is 6.83. The Hall–Kier alpha value is -3.83. The fraction of sp³-hybridized carbons (Fsp3) is 0.346. The van der Waals surface area contributed by atoms with Crippen LogP contribution in [0.25, 0.3) is 0 Å². The van der Waals surface area contributed by atoms with E-state index in [1.54, 1.807) is 11.8 Å². The summed E-state index contributed by atoms with van der Waals surface area (Å²) in [5.74, 6) is -0.288. The first-order valence-electron chi connectivity index (χ1n) is 11.5. The molecule has 0 saturated carbocycles. The van der Waals surface area contributed by atoms with Gasteiger partial charge in [-0.2, -0.15) is 5.26 Å². The molecule has 2 aromatic carbocycles. The van der Waals surface area contributed by atoms with Gasteiger partial charge in [-0.1, -0.05) is 60.7 Å². The molecule has 0 radical (unpaired) electrons. The number of hydrogen-bond donors (Lipinski definition) is 2. The molecular formula is C26H31N5O3. The van der Waals surface area contributed by atoms with E-state index in [1.807, 2.05) is 42.5 Å². The van der Waals surface area contributed by atoms with Gasteiger partial charge in [0.1, 0.15) is 11.6 Å². The predicted octanol–water partition coefficient (Wildman–Crippen LogP) is 2.66. The lowest BCUT2D eigenvalue weighted by molar-refractivity contribution is -0.128. The number of carbonyl (C=O) groups is 2. The molecule has 178 valence electrons. The highest BCUT2D eigenvalue weighted by molar-refractivity contribution is 5.97. The second kappa shape index (κ2) is 13.0. The van der Waals surface area contributed by atoms with E-state index in [0.717, 1.165) is 0 Å². The molecule has 2 amide bonds. The first kappa shape index (κ1) is 24.8. The van der Waals surface area contributed by atoms with Gasteiger partial charge in [0.25, 0.3) is 5.91 Å². The molecule has 2 N–H and O–H groups in total. The first-order valence-corrected chi connectivity index (χ1v) is 11.5. The molecule has 1 aliphatic heterocycles. The van der Waals surface area contributed by atoms with Crippen molar-refractivity contribution in [3.63, 3.8) is 0 Å². The van der Waals surface area contributed by atoms with Crippen LogP contribution in [-0.4, -0.2) is 67.7 Å². The molecule has 0 unspecified atom stereocenters. The fourth-order valence-electron chi connectivity index (χ4n) is 3.97. The highest BCUT2D eigenvalue weighted by atomic mass is 16.5. The van der Waals surface area contributed by atoms with Gasteiger partial charge in [0.05, 0.1) is 12.6 Å². The topological polar surface area (TPSA) is 97.7 Å². The van der Waals surface area contributed by atoms with Crippen molar-refractivity contribution in [2.24, 2.45) is 0 Å². The maximum Gasteiger partial charge on any atom is 0.407 e. The zero-order valence-electron chi connectivity index (χ0n) is 19.4. The van der Waals surface area contributed by atoms with Gasteiger partial charge in [0, 0.05) is 45.5 Å². The molecule has 34 heavy (non-hydrogen) atoms. The zero-order chi connectivity index (χ0) is 24.2. The smallest absolute Gasteiger partial charge is 0.407 e. The Morgan fingerprint density at radius 1 is 1.00 bits per heavy atom. The quantitative estimate of drug-likeness (QED) is 0.339. The molecule has 1 fully saturated rings. The van der Waals surface area contributed by atoms with Crippen LogP contribution >= 0.6 is 0 Å². The molecule has 0 aromatic heterocycles. The number of carbonyl (C=O) groups excluding carboxylic acids is 2. The lowest BCUT2D eigenvalue weighted by Crippen LogP contribution is -2.50. The maximum atomic E-state index is 12.9. The SMILES string of the molecule is CCOC(=O)NCCN/C=C(/C#N)C(=O)N1CCN(C(c2ccccc2)c2ccccc2)CC1. The summed E-state index contributed by atoms with van der Waals surface area (Å²) in [6.07, 6.45) is 0.921. The Morgan fingerprint density at radius 3 is 2.12 bits per heavy atom. The van der Waals surface area contributed by atoms with Gasteiger partial charge in [-0.3, -0.25) is 9.69 Å². The summed E-state index contributed by atoms with van der Waals surface area (Å²) in [7, 11) is 0. The Labute approximate surface area is 200 Å². The number of piperazine rings is 1. The first-order chi connectivity index (χ1) is 16.6. The highest BCUT2D eigenvalue weighted by Crippen LogP contribution is 2.29. The standard InChI is InChI=1S/C26H31N5O3/c1-2-34-26(33)29-14-13-28-20-23(19-27)25(32)31-17-15-30(16-18-31)24(21-9-5-3-6-10-21)22-11-7-4-8-12-22/h3-12,20,24,28H,2,13-18H2,1H3,(H,29,33)/b23-20-. The van der Waals surface area contributed by atoms with Crippen LogP contribution in [0.2, 0.25) is 0 Å². The fourth-order valence-corrected chi connectivity index (χ4v) is 3.97. The zero-order valence-corrected chi connectivity index (χ0v) is 19.4. The molecule has 0 spiro atoms. The van der Waals surface area contributed by atoms with Crippen molar-refractivity contribution < 1.29 is 14.3 Å². The summed E-state index contributed by atoms with van der Waals surface area (Å²) in [6.45, 7) is 5.22. The average Bonchev–Trinajstić information content (AvgIpc) is 2.88. The molecular weight excluding hydrogens is 430 g/mol. The van der Waals surface area contributed by atoms with Crippen LogP contribution in [0.1, 0.15) is 24.1 Å². The van der Waals surface area contributed by atoms with E-state index in [-0.39, 0.29) is 17.5 Å². The van der Waals surface area contributed by atoms with Crippen molar-refractivity contribution in [1.82, 2.24) is 20.4 Å². The van der Waals surface area contributed by atoms with Crippen molar-refractivity contribution in [3.05, 3.63) is 83.6 Å². The minimum absolute atomic E-state index is 0.0484. The van der Waals surface area contributed by atoms with Crippen molar-refractivity contribution in [2.75, 3.05) is 45.9 Å². The molecule has 0 atom stereocenters. The van der Waals surface area contributed by atoms with Crippen LogP contribution in [0.3, 0.4) is 0 Å². The molecule has 8 heteroatoms. The molecule has 1 saturated heterocycles. The number of nitrogens with zero attached hydrogens (tertiary/aromatic N) is 3. The third-order valence-corrected chi connectivity index (χ3v) is 5.61. The van der Waals surface area contributed by atoms with Crippen LogP contribution in [-0.2, 0) is 9.53 Å².